The van der Waals surface area contributed by atoms with E-state index in [1.165, 1.54) is 45.6 Å². The maximum atomic E-state index is 12.4. The highest BCUT2D eigenvalue weighted by molar-refractivity contribution is 5.97. The van der Waals surface area contributed by atoms with Crippen LogP contribution < -0.4 is 14.2 Å². The van der Waals surface area contributed by atoms with E-state index >= 15 is 0 Å². The van der Waals surface area contributed by atoms with Crippen LogP contribution in [0.3, 0.4) is 0 Å². The Bertz CT molecular complexity index is 683. The standard InChI is InChI=1S/C17H16O6/c1-20-13-5-4-6-14(21-2)15(13)17(19)23-12-9-7-11(8-10-12)16(18)22-3/h4-10H,1-3H3. The van der Waals surface area contributed by atoms with E-state index in [0.29, 0.717) is 17.1 Å². The predicted molar refractivity (Wildman–Crippen MR) is 82.3 cm³/mol. The molecule has 0 unspecified atom stereocenters. The first kappa shape index (κ1) is 16.4. The van der Waals surface area contributed by atoms with Crippen molar-refractivity contribution >= 4 is 11.9 Å². The largest absolute Gasteiger partial charge is 0.496 e. The van der Waals surface area contributed by atoms with Crippen molar-refractivity contribution in [3.05, 3.63) is 53.6 Å². The molecule has 0 amide bonds. The average molecular weight is 316 g/mol. The molecule has 0 heterocycles. The molecule has 120 valence electrons. The Kier molecular flexibility index (Phi) is 5.19. The molecule has 0 aliphatic carbocycles. The van der Waals surface area contributed by atoms with Gasteiger partial charge >= 0.3 is 11.9 Å². The lowest BCUT2D eigenvalue weighted by molar-refractivity contribution is 0.0600. The fourth-order valence-corrected chi connectivity index (χ4v) is 1.99. The van der Waals surface area contributed by atoms with E-state index in [1.54, 1.807) is 18.2 Å². The fraction of sp³-hybridized carbons (Fsp3) is 0.176. The van der Waals surface area contributed by atoms with Gasteiger partial charge in [0.15, 0.2) is 0 Å². The van der Waals surface area contributed by atoms with Crippen LogP contribution in [0.25, 0.3) is 0 Å². The molecule has 0 bridgehead atoms. The smallest absolute Gasteiger partial charge is 0.351 e. The lowest BCUT2D eigenvalue weighted by atomic mass is 10.1. The molecule has 0 atom stereocenters. The zero-order chi connectivity index (χ0) is 16.8. The molecule has 6 heteroatoms. The molecule has 2 aromatic carbocycles. The minimum absolute atomic E-state index is 0.189. The number of ether oxygens (including phenoxy) is 4. The number of esters is 2. The van der Waals surface area contributed by atoms with E-state index < -0.39 is 11.9 Å². The number of methoxy groups -OCH3 is 3. The molecule has 0 aromatic heterocycles. The van der Waals surface area contributed by atoms with E-state index in [4.69, 9.17) is 14.2 Å². The zero-order valence-electron chi connectivity index (χ0n) is 13.0. The summed E-state index contributed by atoms with van der Waals surface area (Å²) >= 11 is 0. The number of hydrogen-bond acceptors (Lipinski definition) is 6. The van der Waals surface area contributed by atoms with Crippen molar-refractivity contribution in [2.24, 2.45) is 0 Å². The first-order chi connectivity index (χ1) is 11.1. The highest BCUT2D eigenvalue weighted by Crippen LogP contribution is 2.29. The van der Waals surface area contributed by atoms with Crippen molar-refractivity contribution < 1.29 is 28.5 Å². The van der Waals surface area contributed by atoms with Crippen LogP contribution >= 0.6 is 0 Å². The van der Waals surface area contributed by atoms with Crippen molar-refractivity contribution in [3.8, 4) is 17.2 Å². The summed E-state index contributed by atoms with van der Waals surface area (Å²) < 4.78 is 20.2. The van der Waals surface area contributed by atoms with Crippen molar-refractivity contribution in [2.75, 3.05) is 21.3 Å². The molecule has 2 rings (SSSR count). The van der Waals surface area contributed by atoms with Crippen LogP contribution in [0.2, 0.25) is 0 Å². The van der Waals surface area contributed by atoms with Crippen molar-refractivity contribution in [1.82, 2.24) is 0 Å². The molecule has 0 radical (unpaired) electrons. The maximum Gasteiger partial charge on any atom is 0.351 e. The SMILES string of the molecule is COC(=O)c1ccc(OC(=O)c2c(OC)cccc2OC)cc1. The second-order valence-corrected chi connectivity index (χ2v) is 4.44. The van der Waals surface area contributed by atoms with Crippen LogP contribution in [0.5, 0.6) is 17.2 Å². The first-order valence-electron chi connectivity index (χ1n) is 6.72. The third kappa shape index (κ3) is 3.60. The fourth-order valence-electron chi connectivity index (χ4n) is 1.99. The Morgan fingerprint density at radius 2 is 1.35 bits per heavy atom. The van der Waals surface area contributed by atoms with Crippen molar-refractivity contribution in [2.45, 2.75) is 0 Å². The lowest BCUT2D eigenvalue weighted by Crippen LogP contribution is -2.12. The summed E-state index contributed by atoms with van der Waals surface area (Å²) in [5, 5.41) is 0. The molecule has 23 heavy (non-hydrogen) atoms. The van der Waals surface area contributed by atoms with Crippen LogP contribution in [-0.4, -0.2) is 33.3 Å². The van der Waals surface area contributed by atoms with Crippen LogP contribution in [0.15, 0.2) is 42.5 Å². The number of hydrogen-bond donors (Lipinski definition) is 0. The van der Waals surface area contributed by atoms with Gasteiger partial charge in [-0.1, -0.05) is 6.07 Å². The molecule has 2 aromatic rings. The van der Waals surface area contributed by atoms with E-state index in [2.05, 4.69) is 4.74 Å². The summed E-state index contributed by atoms with van der Waals surface area (Å²) in [6.07, 6.45) is 0. The quantitative estimate of drug-likeness (QED) is 0.624. The van der Waals surface area contributed by atoms with Crippen LogP contribution in [0, 0.1) is 0 Å². The van der Waals surface area contributed by atoms with Gasteiger partial charge in [0.1, 0.15) is 22.8 Å². The molecular formula is C17H16O6. The molecular weight excluding hydrogens is 300 g/mol. The summed E-state index contributed by atoms with van der Waals surface area (Å²) in [5.74, 6) is -0.101. The zero-order valence-corrected chi connectivity index (χ0v) is 13.0. The Morgan fingerprint density at radius 1 is 0.783 bits per heavy atom. The van der Waals surface area contributed by atoms with Gasteiger partial charge in [0.05, 0.1) is 26.9 Å². The Labute approximate surface area is 133 Å². The normalized spacial score (nSPS) is 9.87. The summed E-state index contributed by atoms with van der Waals surface area (Å²) in [6.45, 7) is 0. The monoisotopic (exact) mass is 316 g/mol. The first-order valence-corrected chi connectivity index (χ1v) is 6.72. The third-order valence-electron chi connectivity index (χ3n) is 3.12. The minimum atomic E-state index is -0.620. The third-order valence-corrected chi connectivity index (χ3v) is 3.12. The van der Waals surface area contributed by atoms with Crippen LogP contribution in [-0.2, 0) is 4.74 Å². The molecule has 0 spiro atoms. The highest BCUT2D eigenvalue weighted by Gasteiger charge is 2.20. The van der Waals surface area contributed by atoms with Gasteiger partial charge in [0.2, 0.25) is 0 Å². The summed E-state index contributed by atoms with van der Waals surface area (Å²) in [4.78, 5) is 23.7. The maximum absolute atomic E-state index is 12.4. The summed E-state index contributed by atoms with van der Waals surface area (Å²) in [5.41, 5.74) is 0.553. The molecule has 0 aliphatic rings. The second kappa shape index (κ2) is 7.31. The predicted octanol–water partition coefficient (Wildman–Crippen LogP) is 2.71. The molecule has 0 saturated carbocycles. The van der Waals surface area contributed by atoms with Gasteiger partial charge in [-0.2, -0.15) is 0 Å². The van der Waals surface area contributed by atoms with E-state index in [0.717, 1.165) is 0 Å². The van der Waals surface area contributed by atoms with Gasteiger partial charge in [-0.3, -0.25) is 0 Å². The molecule has 0 aliphatic heterocycles. The topological polar surface area (TPSA) is 71.1 Å². The van der Waals surface area contributed by atoms with E-state index in [1.807, 2.05) is 0 Å². The van der Waals surface area contributed by atoms with Gasteiger partial charge in [-0.25, -0.2) is 9.59 Å². The van der Waals surface area contributed by atoms with Gasteiger partial charge in [0.25, 0.3) is 0 Å². The molecule has 0 N–H and O–H groups in total. The number of rotatable bonds is 5. The molecule has 6 nitrogen and oxygen atoms in total. The second-order valence-electron chi connectivity index (χ2n) is 4.44. The summed E-state index contributed by atoms with van der Waals surface area (Å²) in [7, 11) is 4.21. The Balaban J connectivity index is 2.24. The van der Waals surface area contributed by atoms with Crippen LogP contribution in [0.4, 0.5) is 0 Å². The molecule has 0 fully saturated rings. The Hall–Kier alpha value is -3.02. The molecule has 0 saturated heterocycles. The van der Waals surface area contributed by atoms with Gasteiger partial charge < -0.3 is 18.9 Å². The number of carbonyl (C=O) groups is 2. The summed E-state index contributed by atoms with van der Waals surface area (Å²) in [6, 6.07) is 11.0. The van der Waals surface area contributed by atoms with E-state index in [-0.39, 0.29) is 11.3 Å². The van der Waals surface area contributed by atoms with Gasteiger partial charge in [-0.15, -0.1) is 0 Å². The van der Waals surface area contributed by atoms with Crippen LogP contribution in [0.1, 0.15) is 20.7 Å². The number of benzene rings is 2. The Morgan fingerprint density at radius 3 is 1.83 bits per heavy atom. The lowest BCUT2D eigenvalue weighted by Gasteiger charge is -2.12. The van der Waals surface area contributed by atoms with Crippen molar-refractivity contribution in [3.63, 3.8) is 0 Å². The van der Waals surface area contributed by atoms with Crippen molar-refractivity contribution in [1.29, 1.82) is 0 Å². The highest BCUT2D eigenvalue weighted by atomic mass is 16.5. The minimum Gasteiger partial charge on any atom is -0.496 e. The van der Waals surface area contributed by atoms with E-state index in [9.17, 15) is 9.59 Å². The van der Waals surface area contributed by atoms with Gasteiger partial charge in [-0.05, 0) is 36.4 Å². The average Bonchev–Trinajstić information content (AvgIpc) is 2.60. The van der Waals surface area contributed by atoms with Gasteiger partial charge in [0, 0.05) is 0 Å². The number of carbonyl (C=O) groups excluding carboxylic acids is 2.